The van der Waals surface area contributed by atoms with Crippen LogP contribution >= 0.6 is 0 Å². The van der Waals surface area contributed by atoms with E-state index in [1.165, 1.54) is 12.3 Å². The van der Waals surface area contributed by atoms with Crippen LogP contribution in [0.25, 0.3) is 11.6 Å². The number of H-pyrrole nitrogens is 1. The normalized spacial score (nSPS) is 15.9. The van der Waals surface area contributed by atoms with Crippen LogP contribution in [0.2, 0.25) is 0 Å². The zero-order valence-electron chi connectivity index (χ0n) is 24.7. The van der Waals surface area contributed by atoms with Crippen LogP contribution in [0.4, 0.5) is 41.6 Å². The molecule has 10 nitrogen and oxygen atoms in total. The van der Waals surface area contributed by atoms with E-state index in [1.807, 2.05) is 11.9 Å². The van der Waals surface area contributed by atoms with E-state index in [0.29, 0.717) is 77.0 Å². The third kappa shape index (κ3) is 6.59. The van der Waals surface area contributed by atoms with Crippen molar-refractivity contribution >= 4 is 57.8 Å². The van der Waals surface area contributed by atoms with E-state index >= 15 is 0 Å². The van der Waals surface area contributed by atoms with Crippen LogP contribution < -0.4 is 26.6 Å². The lowest BCUT2D eigenvalue weighted by Gasteiger charge is -2.34. The Morgan fingerprint density at radius 1 is 0.913 bits per heavy atom. The molecule has 1 aromatic heterocycles. The summed E-state index contributed by atoms with van der Waals surface area (Å²) >= 11 is 0. The molecule has 46 heavy (non-hydrogen) atoms. The number of hydrogen-bond acceptors (Lipinski definition) is 6. The molecule has 236 valence electrons. The molecule has 0 radical (unpaired) electrons. The van der Waals surface area contributed by atoms with Gasteiger partial charge >= 0.3 is 6.18 Å². The molecule has 3 aromatic carbocycles. The van der Waals surface area contributed by atoms with Crippen LogP contribution in [-0.2, 0) is 11.0 Å². The van der Waals surface area contributed by atoms with Gasteiger partial charge in [0.2, 0.25) is 5.91 Å². The van der Waals surface area contributed by atoms with Gasteiger partial charge in [-0.05, 0) is 67.7 Å². The standard InChI is InChI=1S/C33H30F3N7O3/c1-42-7-9-43(10-8-42)26-13-19(11-21(14-26)33(34,35)36)31(45)40-23-4-2-3-22(15-23)39-24-5-6-27-28(32(46)41-29(27)17-24)16-25-12-20(18-38-25)30(37)44/h2-6,11-18,38-39H,7-10H2,1H3,(H2,37,44)(H,40,45)(H,41,46)/b28-16-. The van der Waals surface area contributed by atoms with Crippen LogP contribution in [0.5, 0.6) is 0 Å². The van der Waals surface area contributed by atoms with E-state index in [4.69, 9.17) is 5.73 Å². The van der Waals surface area contributed by atoms with Gasteiger partial charge in [0.05, 0.1) is 22.4 Å². The molecule has 0 spiro atoms. The lowest BCUT2D eigenvalue weighted by atomic mass is 10.1. The highest BCUT2D eigenvalue weighted by molar-refractivity contribution is 6.35. The zero-order valence-corrected chi connectivity index (χ0v) is 24.7. The zero-order chi connectivity index (χ0) is 32.6. The maximum Gasteiger partial charge on any atom is 0.416 e. The average Bonchev–Trinajstić information content (AvgIpc) is 3.61. The molecule has 0 atom stereocenters. The number of anilines is 5. The number of alkyl halides is 3. The van der Waals surface area contributed by atoms with E-state index in [0.717, 1.165) is 12.1 Å². The SMILES string of the molecule is CN1CCN(c2cc(C(=O)Nc3cccc(Nc4ccc5c(c4)NC(=O)/C5=C\c4cc(C(N)=O)c[nH]4)c3)cc(C(F)(F)F)c2)CC1. The summed E-state index contributed by atoms with van der Waals surface area (Å²) in [5, 5.41) is 8.77. The van der Waals surface area contributed by atoms with E-state index < -0.39 is 23.6 Å². The fraction of sp³-hybridized carbons (Fsp3) is 0.182. The van der Waals surface area contributed by atoms with Crippen LogP contribution in [0.3, 0.4) is 0 Å². The molecule has 13 heteroatoms. The summed E-state index contributed by atoms with van der Waals surface area (Å²) in [6.07, 6.45) is -1.51. The Balaban J connectivity index is 1.18. The largest absolute Gasteiger partial charge is 0.416 e. The van der Waals surface area contributed by atoms with Crippen molar-refractivity contribution in [3.8, 4) is 0 Å². The smallest absolute Gasteiger partial charge is 0.369 e. The summed E-state index contributed by atoms with van der Waals surface area (Å²) in [5.41, 5.74) is 8.83. The summed E-state index contributed by atoms with van der Waals surface area (Å²) in [4.78, 5) is 44.2. The van der Waals surface area contributed by atoms with E-state index in [-0.39, 0.29) is 11.5 Å². The number of carbonyl (C=O) groups is 3. The summed E-state index contributed by atoms with van der Waals surface area (Å²) in [5.74, 6) is -1.55. The number of benzene rings is 3. The van der Waals surface area contributed by atoms with Crippen LogP contribution in [0.15, 0.2) is 72.9 Å². The van der Waals surface area contributed by atoms with Gasteiger partial charge in [-0.15, -0.1) is 0 Å². The average molecular weight is 630 g/mol. The Kier molecular flexibility index (Phi) is 8.00. The Bertz CT molecular complexity index is 1870. The fourth-order valence-electron chi connectivity index (χ4n) is 5.41. The van der Waals surface area contributed by atoms with Gasteiger partial charge in [0.25, 0.3) is 11.8 Å². The molecule has 0 aliphatic carbocycles. The quantitative estimate of drug-likeness (QED) is 0.175. The molecule has 2 aliphatic rings. The van der Waals surface area contributed by atoms with Crippen molar-refractivity contribution in [3.63, 3.8) is 0 Å². The first-order valence-electron chi connectivity index (χ1n) is 14.4. The molecule has 0 saturated carbocycles. The Morgan fingerprint density at radius 2 is 1.65 bits per heavy atom. The first kappa shape index (κ1) is 30.5. The number of piperazine rings is 1. The van der Waals surface area contributed by atoms with Crippen LogP contribution in [-0.4, -0.2) is 60.8 Å². The summed E-state index contributed by atoms with van der Waals surface area (Å²) < 4.78 is 41.3. The molecule has 2 aliphatic heterocycles. The third-order valence-electron chi connectivity index (χ3n) is 7.88. The van der Waals surface area contributed by atoms with Crippen molar-refractivity contribution in [1.29, 1.82) is 0 Å². The molecular formula is C33H30F3N7O3. The number of nitrogens with zero attached hydrogens (tertiary/aromatic N) is 2. The molecule has 6 rings (SSSR count). The molecule has 6 N–H and O–H groups in total. The molecule has 0 unspecified atom stereocenters. The summed E-state index contributed by atoms with van der Waals surface area (Å²) in [7, 11) is 1.96. The maximum absolute atomic E-state index is 13.8. The van der Waals surface area contributed by atoms with Gasteiger partial charge < -0.3 is 36.5 Å². The number of carbonyl (C=O) groups excluding carboxylic acids is 3. The van der Waals surface area contributed by atoms with Gasteiger partial charge in [-0.1, -0.05) is 12.1 Å². The number of hydrogen-bond donors (Lipinski definition) is 5. The lowest BCUT2D eigenvalue weighted by Crippen LogP contribution is -2.44. The maximum atomic E-state index is 13.8. The van der Waals surface area contributed by atoms with Gasteiger partial charge in [-0.25, -0.2) is 0 Å². The number of halogens is 3. The molecule has 3 amide bonds. The summed E-state index contributed by atoms with van der Waals surface area (Å²) in [6.45, 7) is 2.53. The molecule has 4 aromatic rings. The second kappa shape index (κ2) is 12.1. The van der Waals surface area contributed by atoms with Gasteiger partial charge in [0.1, 0.15) is 0 Å². The van der Waals surface area contributed by atoms with Gasteiger partial charge in [0.15, 0.2) is 0 Å². The number of aromatic nitrogens is 1. The van der Waals surface area contributed by atoms with Crippen LogP contribution in [0.1, 0.15) is 37.5 Å². The Hall–Kier alpha value is -5.56. The van der Waals surface area contributed by atoms with Crippen molar-refractivity contribution in [2.24, 2.45) is 5.73 Å². The van der Waals surface area contributed by atoms with Crippen LogP contribution in [0, 0.1) is 0 Å². The van der Waals surface area contributed by atoms with Crippen molar-refractivity contribution in [3.05, 3.63) is 101 Å². The molecule has 1 fully saturated rings. The third-order valence-corrected chi connectivity index (χ3v) is 7.88. The number of likely N-dealkylation sites (N-methyl/N-ethyl adjacent to an activating group) is 1. The first-order valence-corrected chi connectivity index (χ1v) is 14.4. The highest BCUT2D eigenvalue weighted by Crippen LogP contribution is 2.36. The fourth-order valence-corrected chi connectivity index (χ4v) is 5.41. The van der Waals surface area contributed by atoms with Gasteiger partial charge in [0, 0.05) is 71.9 Å². The van der Waals surface area contributed by atoms with Crippen molar-refractivity contribution < 1.29 is 27.6 Å². The second-order valence-corrected chi connectivity index (χ2v) is 11.2. The number of aromatic amines is 1. The monoisotopic (exact) mass is 629 g/mol. The molecule has 0 bridgehead atoms. The molecule has 1 saturated heterocycles. The predicted octanol–water partition coefficient (Wildman–Crippen LogP) is 5.37. The second-order valence-electron chi connectivity index (χ2n) is 11.2. The minimum atomic E-state index is -4.61. The Labute approximate surface area is 262 Å². The number of primary amides is 1. The van der Waals surface area contributed by atoms with Crippen molar-refractivity contribution in [1.82, 2.24) is 9.88 Å². The first-order chi connectivity index (χ1) is 21.9. The molecular weight excluding hydrogens is 599 g/mol. The topological polar surface area (TPSA) is 136 Å². The number of rotatable bonds is 7. The minimum absolute atomic E-state index is 0.0921. The predicted molar refractivity (Wildman–Crippen MR) is 171 cm³/mol. The van der Waals surface area contributed by atoms with Gasteiger partial charge in [-0.3, -0.25) is 14.4 Å². The highest BCUT2D eigenvalue weighted by Gasteiger charge is 2.33. The number of nitrogens with one attached hydrogen (secondary N) is 4. The summed E-state index contributed by atoms with van der Waals surface area (Å²) in [6, 6.07) is 17.1. The lowest BCUT2D eigenvalue weighted by molar-refractivity contribution is -0.137. The highest BCUT2D eigenvalue weighted by atomic mass is 19.4. The van der Waals surface area contributed by atoms with E-state index in [9.17, 15) is 27.6 Å². The number of nitrogens with two attached hydrogens (primary N) is 1. The van der Waals surface area contributed by atoms with Gasteiger partial charge in [-0.2, -0.15) is 13.2 Å². The number of amides is 3. The van der Waals surface area contributed by atoms with E-state index in [1.54, 1.807) is 54.6 Å². The Morgan fingerprint density at radius 3 is 2.37 bits per heavy atom. The molecule has 3 heterocycles. The van der Waals surface area contributed by atoms with Crippen molar-refractivity contribution in [2.75, 3.05) is 54.1 Å². The minimum Gasteiger partial charge on any atom is -0.369 e. The van der Waals surface area contributed by atoms with E-state index in [2.05, 4.69) is 25.8 Å². The number of fused-ring (bicyclic) bond motifs is 1. The van der Waals surface area contributed by atoms with Crippen molar-refractivity contribution in [2.45, 2.75) is 6.18 Å².